The number of aromatic nitrogens is 1. The lowest BCUT2D eigenvalue weighted by atomic mass is 9.96. The van der Waals surface area contributed by atoms with Crippen molar-refractivity contribution in [2.24, 2.45) is 0 Å². The maximum Gasteiger partial charge on any atom is 0.126 e. The number of aliphatic hydroxyl groups excluding tert-OH is 2. The molecule has 2 atom stereocenters. The molecule has 2 N–H and O–H groups in total. The van der Waals surface area contributed by atoms with Crippen LogP contribution in [-0.4, -0.2) is 21.3 Å². The van der Waals surface area contributed by atoms with Crippen LogP contribution in [0.2, 0.25) is 0 Å². The number of rotatable bonds is 0. The molecule has 0 saturated carbocycles. The first kappa shape index (κ1) is 9.51. The molecule has 0 bridgehead atoms. The Balaban J connectivity index is 2.29. The normalized spacial score (nSPS) is 23.4. The first-order valence-electron chi connectivity index (χ1n) is 5.20. The van der Waals surface area contributed by atoms with E-state index in [1.165, 1.54) is 0 Å². The van der Waals surface area contributed by atoms with Crippen molar-refractivity contribution in [1.29, 1.82) is 0 Å². The average molecular weight is 213 g/mol. The summed E-state index contributed by atoms with van der Waals surface area (Å²) in [6.45, 7) is 0. The minimum absolute atomic E-state index is 0.550. The van der Waals surface area contributed by atoms with Gasteiger partial charge in [-0.3, -0.25) is 0 Å². The molecule has 3 nitrogen and oxygen atoms in total. The quantitative estimate of drug-likeness (QED) is 0.699. The van der Waals surface area contributed by atoms with Gasteiger partial charge in [0.15, 0.2) is 0 Å². The molecule has 1 aromatic carbocycles. The van der Waals surface area contributed by atoms with Gasteiger partial charge >= 0.3 is 0 Å². The highest BCUT2D eigenvalue weighted by atomic mass is 16.3. The number of hydrogen-bond acceptors (Lipinski definition) is 3. The molecule has 1 aromatic heterocycles. The van der Waals surface area contributed by atoms with Crippen LogP contribution in [0.4, 0.5) is 0 Å². The first-order valence-corrected chi connectivity index (χ1v) is 5.20. The molecular weight excluding hydrogens is 202 g/mol. The van der Waals surface area contributed by atoms with E-state index < -0.39 is 12.2 Å². The number of aliphatic hydroxyl groups is 2. The highest BCUT2D eigenvalue weighted by Crippen LogP contribution is 2.28. The number of benzene rings is 1. The molecule has 3 heteroatoms. The third kappa shape index (κ3) is 1.33. The van der Waals surface area contributed by atoms with Gasteiger partial charge < -0.3 is 10.2 Å². The number of hydrogen-bond donors (Lipinski definition) is 2. The zero-order valence-corrected chi connectivity index (χ0v) is 8.54. The fraction of sp³-hybridized carbons (Fsp3) is 0.154. The monoisotopic (exact) mass is 213 g/mol. The number of pyridine rings is 1. The van der Waals surface area contributed by atoms with Crippen LogP contribution in [-0.2, 0) is 0 Å². The van der Waals surface area contributed by atoms with Crippen LogP contribution >= 0.6 is 0 Å². The molecule has 0 amide bonds. The predicted octanol–water partition coefficient (Wildman–Crippen LogP) is 1.66. The second kappa shape index (κ2) is 3.40. The average Bonchev–Trinajstić information content (AvgIpc) is 2.32. The summed E-state index contributed by atoms with van der Waals surface area (Å²) in [5.41, 5.74) is 2.26. The molecule has 0 fully saturated rings. The highest BCUT2D eigenvalue weighted by molar-refractivity contribution is 5.82. The summed E-state index contributed by atoms with van der Waals surface area (Å²) in [7, 11) is 0. The van der Waals surface area contributed by atoms with Crippen LogP contribution in [0, 0.1) is 0 Å². The second-order valence-corrected chi connectivity index (χ2v) is 3.95. The summed E-state index contributed by atoms with van der Waals surface area (Å²) in [4.78, 5) is 4.39. The van der Waals surface area contributed by atoms with E-state index in [9.17, 15) is 10.2 Å². The van der Waals surface area contributed by atoms with Gasteiger partial charge in [0, 0.05) is 5.39 Å². The Morgan fingerprint density at radius 2 is 1.94 bits per heavy atom. The van der Waals surface area contributed by atoms with Crippen LogP contribution in [0.25, 0.3) is 17.0 Å². The van der Waals surface area contributed by atoms with E-state index in [1.54, 1.807) is 12.2 Å². The maximum atomic E-state index is 9.83. The fourth-order valence-corrected chi connectivity index (χ4v) is 1.99. The van der Waals surface area contributed by atoms with Crippen molar-refractivity contribution < 1.29 is 10.2 Å². The van der Waals surface area contributed by atoms with Crippen LogP contribution in [0.5, 0.6) is 0 Å². The molecule has 16 heavy (non-hydrogen) atoms. The lowest BCUT2D eigenvalue weighted by molar-refractivity contribution is 0.0443. The van der Waals surface area contributed by atoms with Crippen LogP contribution in [0.15, 0.2) is 36.4 Å². The van der Waals surface area contributed by atoms with Crippen molar-refractivity contribution in [3.05, 3.63) is 47.7 Å². The number of fused-ring (bicyclic) bond motifs is 2. The van der Waals surface area contributed by atoms with Crippen LogP contribution in [0.3, 0.4) is 0 Å². The number of nitrogens with zero attached hydrogens (tertiary/aromatic N) is 1. The summed E-state index contributed by atoms with van der Waals surface area (Å²) in [6, 6.07) is 9.71. The molecule has 1 aliphatic rings. The van der Waals surface area contributed by atoms with E-state index in [0.717, 1.165) is 16.5 Å². The van der Waals surface area contributed by atoms with E-state index in [-0.39, 0.29) is 0 Å². The van der Waals surface area contributed by atoms with Crippen molar-refractivity contribution in [3.8, 4) is 0 Å². The molecule has 80 valence electrons. The Labute approximate surface area is 92.7 Å². The Morgan fingerprint density at radius 1 is 1.12 bits per heavy atom. The summed E-state index contributed by atoms with van der Waals surface area (Å²) in [5, 5.41) is 20.4. The zero-order chi connectivity index (χ0) is 11.1. The maximum absolute atomic E-state index is 9.83. The molecule has 3 rings (SSSR count). The third-order valence-electron chi connectivity index (χ3n) is 2.86. The molecule has 1 heterocycles. The lowest BCUT2D eigenvalue weighted by Gasteiger charge is -2.21. The van der Waals surface area contributed by atoms with E-state index in [1.807, 2.05) is 30.3 Å². The van der Waals surface area contributed by atoms with Gasteiger partial charge in [0.2, 0.25) is 0 Å². The second-order valence-electron chi connectivity index (χ2n) is 3.95. The Kier molecular flexibility index (Phi) is 2.02. The number of para-hydroxylation sites is 1. The van der Waals surface area contributed by atoms with Gasteiger partial charge in [-0.2, -0.15) is 0 Å². The molecule has 0 spiro atoms. The minimum atomic E-state index is -0.926. The third-order valence-corrected chi connectivity index (χ3v) is 2.86. The molecule has 0 radical (unpaired) electrons. The van der Waals surface area contributed by atoms with Gasteiger partial charge in [-0.25, -0.2) is 4.98 Å². The first-order chi connectivity index (χ1) is 7.75. The van der Waals surface area contributed by atoms with Crippen molar-refractivity contribution in [2.75, 3.05) is 0 Å². The lowest BCUT2D eigenvalue weighted by Crippen LogP contribution is -2.20. The van der Waals surface area contributed by atoms with Gasteiger partial charge in [-0.15, -0.1) is 0 Å². The van der Waals surface area contributed by atoms with Crippen molar-refractivity contribution >= 4 is 17.0 Å². The van der Waals surface area contributed by atoms with Gasteiger partial charge in [0.05, 0.1) is 11.2 Å². The Bertz CT molecular complexity index is 577. The van der Waals surface area contributed by atoms with E-state index in [4.69, 9.17) is 0 Å². The zero-order valence-electron chi connectivity index (χ0n) is 8.54. The van der Waals surface area contributed by atoms with Gasteiger partial charge in [0.1, 0.15) is 12.2 Å². The highest BCUT2D eigenvalue weighted by Gasteiger charge is 2.23. The SMILES string of the molecule is O[C@@H]1C=Cc2cc3ccccc3nc2[C@H]1O. The van der Waals surface area contributed by atoms with Crippen LogP contribution < -0.4 is 0 Å². The largest absolute Gasteiger partial charge is 0.386 e. The van der Waals surface area contributed by atoms with Crippen molar-refractivity contribution in [3.63, 3.8) is 0 Å². The van der Waals surface area contributed by atoms with Crippen molar-refractivity contribution in [2.45, 2.75) is 12.2 Å². The Morgan fingerprint density at radius 3 is 2.81 bits per heavy atom. The summed E-state index contributed by atoms with van der Waals surface area (Å²) >= 11 is 0. The topological polar surface area (TPSA) is 53.4 Å². The van der Waals surface area contributed by atoms with Gasteiger partial charge in [-0.05, 0) is 17.7 Å². The summed E-state index contributed by atoms with van der Waals surface area (Å²) in [6.07, 6.45) is 1.60. The van der Waals surface area contributed by atoms with E-state index in [2.05, 4.69) is 4.98 Å². The Hall–Kier alpha value is -1.71. The standard InChI is InChI=1S/C13H11NO2/c15-11-6-5-9-7-8-3-1-2-4-10(8)14-12(9)13(11)16/h1-7,11,13,15-16H/t11-,13+/m1/s1. The van der Waals surface area contributed by atoms with E-state index >= 15 is 0 Å². The minimum Gasteiger partial charge on any atom is -0.386 e. The smallest absolute Gasteiger partial charge is 0.126 e. The molecule has 2 aromatic rings. The molecule has 0 aliphatic heterocycles. The summed E-state index contributed by atoms with van der Waals surface area (Å²) in [5.74, 6) is 0. The molecule has 0 unspecified atom stereocenters. The summed E-state index contributed by atoms with van der Waals surface area (Å²) < 4.78 is 0. The fourth-order valence-electron chi connectivity index (χ4n) is 1.99. The molecule has 0 saturated heterocycles. The van der Waals surface area contributed by atoms with E-state index in [0.29, 0.717) is 5.69 Å². The van der Waals surface area contributed by atoms with Gasteiger partial charge in [0.25, 0.3) is 0 Å². The van der Waals surface area contributed by atoms with Crippen LogP contribution in [0.1, 0.15) is 17.4 Å². The molecule has 1 aliphatic carbocycles. The predicted molar refractivity (Wildman–Crippen MR) is 61.7 cm³/mol. The van der Waals surface area contributed by atoms with Crippen molar-refractivity contribution in [1.82, 2.24) is 4.98 Å². The molecular formula is C13H11NO2. The van der Waals surface area contributed by atoms with Gasteiger partial charge in [-0.1, -0.05) is 30.4 Å².